The highest BCUT2D eigenvalue weighted by Gasteiger charge is 2.29. The number of nitrogens with one attached hydrogen (secondary N) is 1. The molecule has 0 radical (unpaired) electrons. The Kier molecular flexibility index (Phi) is 4.25. The average Bonchev–Trinajstić information content (AvgIpc) is 2.47. The number of phenolic OH excluding ortho intramolecular Hbond substituents is 1. The highest BCUT2D eigenvalue weighted by Crippen LogP contribution is 2.39. The highest BCUT2D eigenvalue weighted by atomic mass is 35.5. The van der Waals surface area contributed by atoms with Crippen LogP contribution in [0, 0.1) is 0 Å². The van der Waals surface area contributed by atoms with Crippen LogP contribution < -0.4 is 16.2 Å². The number of halogens is 1. The van der Waals surface area contributed by atoms with E-state index in [0.717, 1.165) is 20.2 Å². The summed E-state index contributed by atoms with van der Waals surface area (Å²) < 4.78 is 25.0. The number of anilines is 2. The van der Waals surface area contributed by atoms with Crippen molar-refractivity contribution in [2.24, 2.45) is 0 Å². The molecule has 22 heavy (non-hydrogen) atoms. The third-order valence-corrected chi connectivity index (χ3v) is 5.13. The molecule has 0 fully saturated rings. The van der Waals surface area contributed by atoms with Gasteiger partial charge in [-0.1, -0.05) is 16.1 Å². The van der Waals surface area contributed by atoms with Crippen LogP contribution in [0.2, 0.25) is 5.02 Å². The van der Waals surface area contributed by atoms with E-state index in [-0.39, 0.29) is 16.4 Å². The number of aromatic hydroxyl groups is 1. The minimum absolute atomic E-state index is 0.0499. The van der Waals surface area contributed by atoms with E-state index in [9.17, 15) is 23.1 Å². The van der Waals surface area contributed by atoms with Gasteiger partial charge in [-0.15, -0.1) is 0 Å². The summed E-state index contributed by atoms with van der Waals surface area (Å²) in [6, 6.07) is 3.54. The summed E-state index contributed by atoms with van der Waals surface area (Å²) in [5, 5.41) is 12.4. The first kappa shape index (κ1) is 16.4. The van der Waals surface area contributed by atoms with E-state index < -0.39 is 31.5 Å². The molecule has 0 heterocycles. The Bertz CT molecular complexity index is 901. The molecule has 0 bridgehead atoms. The monoisotopic (exact) mass is 346 g/mol. The molecule has 0 spiro atoms. The molecule has 8 nitrogen and oxygen atoms in total. The number of hydroxylamine groups is 1. The van der Waals surface area contributed by atoms with Crippen molar-refractivity contribution in [1.82, 2.24) is 4.47 Å². The first-order valence-electron chi connectivity index (χ1n) is 5.82. The van der Waals surface area contributed by atoms with Gasteiger partial charge in [0.15, 0.2) is 5.75 Å². The number of phenols is 1. The predicted molar refractivity (Wildman–Crippen MR) is 79.7 cm³/mol. The van der Waals surface area contributed by atoms with Crippen LogP contribution in [0.1, 0.15) is 0 Å². The van der Waals surface area contributed by atoms with Gasteiger partial charge in [-0.2, -0.15) is 0 Å². The molecule has 0 aliphatic rings. The van der Waals surface area contributed by atoms with Gasteiger partial charge >= 0.3 is 0 Å². The molecular formula is C12H11ClN2O6S. The molecule has 0 unspecified atom stereocenters. The first-order chi connectivity index (χ1) is 10.2. The van der Waals surface area contributed by atoms with E-state index in [0.29, 0.717) is 4.47 Å². The number of sulfonamides is 1. The number of benzene rings is 1. The predicted octanol–water partition coefficient (Wildman–Crippen LogP) is 0.567. The second-order valence-corrected chi connectivity index (χ2v) is 6.53. The SMILES string of the molecule is CON(C)S(=O)(=O)c1c(Cl)ccc(Nc2cc(=O)c2=O)c1O. The molecule has 118 valence electrons. The fourth-order valence-electron chi connectivity index (χ4n) is 1.67. The zero-order chi connectivity index (χ0) is 16.7. The summed E-state index contributed by atoms with van der Waals surface area (Å²) >= 11 is 5.84. The van der Waals surface area contributed by atoms with Crippen LogP contribution in [0.25, 0.3) is 0 Å². The molecule has 2 rings (SSSR count). The number of hydrogen-bond donors (Lipinski definition) is 2. The zero-order valence-electron chi connectivity index (χ0n) is 11.5. The first-order valence-corrected chi connectivity index (χ1v) is 7.63. The van der Waals surface area contributed by atoms with Gasteiger partial charge in [-0.05, 0) is 12.1 Å². The fourth-order valence-corrected chi connectivity index (χ4v) is 3.24. The number of rotatable bonds is 5. The standard InChI is InChI=1S/C12H11ClN2O6S/c1-15(21-2)22(19,20)12-6(13)3-4-7(11(12)18)14-8-5-9(16)10(8)17/h3-5,14,18H,1-2H3. The van der Waals surface area contributed by atoms with E-state index in [2.05, 4.69) is 10.2 Å². The Morgan fingerprint density at radius 1 is 1.27 bits per heavy atom. The summed E-state index contributed by atoms with van der Waals surface area (Å²) in [4.78, 5) is 26.1. The van der Waals surface area contributed by atoms with Gasteiger partial charge in [0.1, 0.15) is 4.90 Å². The lowest BCUT2D eigenvalue weighted by atomic mass is 10.2. The summed E-state index contributed by atoms with van der Waals surface area (Å²) in [6.45, 7) is 0. The Morgan fingerprint density at radius 3 is 2.41 bits per heavy atom. The summed E-state index contributed by atoms with van der Waals surface area (Å²) in [7, 11) is -1.94. The largest absolute Gasteiger partial charge is 0.504 e. The van der Waals surface area contributed by atoms with Crippen molar-refractivity contribution in [3.8, 4) is 5.75 Å². The van der Waals surface area contributed by atoms with Gasteiger partial charge in [-0.25, -0.2) is 8.42 Å². The van der Waals surface area contributed by atoms with Gasteiger partial charge in [0.05, 0.1) is 23.5 Å². The summed E-state index contributed by atoms with van der Waals surface area (Å²) in [5.74, 6) is -0.690. The van der Waals surface area contributed by atoms with Crippen LogP contribution in [-0.4, -0.2) is 32.2 Å². The lowest BCUT2D eigenvalue weighted by Crippen LogP contribution is -2.31. The molecular weight excluding hydrogens is 336 g/mol. The Balaban J connectivity index is 2.54. The molecule has 0 aliphatic heterocycles. The van der Waals surface area contributed by atoms with E-state index in [1.165, 1.54) is 12.1 Å². The van der Waals surface area contributed by atoms with Gasteiger partial charge in [0.2, 0.25) is 10.9 Å². The maximum absolute atomic E-state index is 12.2. The molecule has 2 aromatic carbocycles. The van der Waals surface area contributed by atoms with E-state index in [1.807, 2.05) is 0 Å². The fraction of sp³-hybridized carbons (Fsp3) is 0.167. The number of nitrogens with zero attached hydrogens (tertiary/aromatic N) is 1. The van der Waals surface area contributed by atoms with Gasteiger partial charge in [-0.3, -0.25) is 14.4 Å². The van der Waals surface area contributed by atoms with Crippen molar-refractivity contribution < 1.29 is 18.4 Å². The normalized spacial score (nSPS) is 12.0. The lowest BCUT2D eigenvalue weighted by Gasteiger charge is -2.18. The van der Waals surface area contributed by atoms with Crippen molar-refractivity contribution in [3.63, 3.8) is 0 Å². The second kappa shape index (κ2) is 5.69. The molecule has 0 aromatic heterocycles. The molecule has 0 aliphatic carbocycles. The molecule has 10 heteroatoms. The topological polar surface area (TPSA) is 113 Å². The Labute approximate surface area is 130 Å². The maximum Gasteiger partial charge on any atom is 0.269 e. The van der Waals surface area contributed by atoms with E-state index in [1.54, 1.807) is 0 Å². The second-order valence-electron chi connectivity index (χ2n) is 4.25. The smallest absolute Gasteiger partial charge is 0.269 e. The molecule has 0 amide bonds. The van der Waals surface area contributed by atoms with Crippen LogP contribution >= 0.6 is 11.6 Å². The van der Waals surface area contributed by atoms with Crippen molar-refractivity contribution in [2.45, 2.75) is 4.90 Å². The van der Waals surface area contributed by atoms with E-state index >= 15 is 0 Å². The molecule has 2 N–H and O–H groups in total. The van der Waals surface area contributed by atoms with Gasteiger partial charge < -0.3 is 10.4 Å². The number of hydrogen-bond acceptors (Lipinski definition) is 7. The molecule has 2 aromatic rings. The van der Waals surface area contributed by atoms with Crippen LogP contribution in [0.3, 0.4) is 0 Å². The minimum Gasteiger partial charge on any atom is -0.504 e. The summed E-state index contributed by atoms with van der Waals surface area (Å²) in [6.07, 6.45) is 0. The maximum atomic E-state index is 12.2. The lowest BCUT2D eigenvalue weighted by molar-refractivity contribution is -0.0259. The zero-order valence-corrected chi connectivity index (χ0v) is 13.0. The third kappa shape index (κ3) is 2.59. The van der Waals surface area contributed by atoms with Crippen LogP contribution in [-0.2, 0) is 14.9 Å². The van der Waals surface area contributed by atoms with Crippen molar-refractivity contribution in [3.05, 3.63) is 43.7 Å². The highest BCUT2D eigenvalue weighted by molar-refractivity contribution is 7.89. The van der Waals surface area contributed by atoms with Gasteiger partial charge in [0.25, 0.3) is 10.0 Å². The summed E-state index contributed by atoms with van der Waals surface area (Å²) in [5.41, 5.74) is -1.57. The molecule has 0 saturated heterocycles. The molecule has 0 atom stereocenters. The Hall–Kier alpha value is -1.94. The van der Waals surface area contributed by atoms with E-state index in [4.69, 9.17) is 11.6 Å². The van der Waals surface area contributed by atoms with Crippen molar-refractivity contribution in [1.29, 1.82) is 0 Å². The van der Waals surface area contributed by atoms with Gasteiger partial charge in [0, 0.05) is 13.1 Å². The average molecular weight is 347 g/mol. The minimum atomic E-state index is -4.20. The van der Waals surface area contributed by atoms with Crippen LogP contribution in [0.5, 0.6) is 5.75 Å². The molecule has 0 saturated carbocycles. The van der Waals surface area contributed by atoms with Crippen LogP contribution in [0.15, 0.2) is 32.7 Å². The van der Waals surface area contributed by atoms with Crippen molar-refractivity contribution in [2.75, 3.05) is 19.5 Å². The van der Waals surface area contributed by atoms with Crippen LogP contribution in [0.4, 0.5) is 11.4 Å². The van der Waals surface area contributed by atoms with Crippen molar-refractivity contribution >= 4 is 33.0 Å². The quantitative estimate of drug-likeness (QED) is 0.462. The third-order valence-electron chi connectivity index (χ3n) is 2.95. The Morgan fingerprint density at radius 2 is 1.91 bits per heavy atom.